The molecule has 30 heavy (non-hydrogen) atoms. The minimum absolute atomic E-state index is 0.247. The second-order valence-corrected chi connectivity index (χ2v) is 6.96. The number of benzene rings is 3. The van der Waals surface area contributed by atoms with Crippen LogP contribution in [0.5, 0.6) is 11.5 Å². The van der Waals surface area contributed by atoms with E-state index in [1.54, 1.807) is 18.3 Å². The highest BCUT2D eigenvalue weighted by atomic mass is 16.5. The van der Waals surface area contributed by atoms with Crippen LogP contribution in [0.4, 0.5) is 0 Å². The molecular formula is C25H26N2O3. The monoisotopic (exact) mass is 402 g/mol. The Bertz CT molecular complexity index is 1000. The largest absolute Gasteiger partial charge is 0.493 e. The fraction of sp³-hybridized carbons (Fsp3) is 0.200. The molecule has 0 saturated heterocycles. The van der Waals surface area contributed by atoms with Gasteiger partial charge in [0.2, 0.25) is 0 Å². The molecule has 0 saturated carbocycles. The standard InChI is InChI=1S/C25H26N2O3/c1-19-12-13-24(20(2)16-19)30-15-7-14-29-23-11-6-8-21(17-23)18-26-27-25(28)22-9-4-3-5-10-22/h3-6,8-13,16-18H,7,14-15H2,1-2H3,(H,27,28)/b26-18+. The molecule has 0 fully saturated rings. The van der Waals surface area contributed by atoms with E-state index in [0.29, 0.717) is 18.8 Å². The van der Waals surface area contributed by atoms with Crippen molar-refractivity contribution in [3.05, 3.63) is 95.1 Å². The van der Waals surface area contributed by atoms with Gasteiger partial charge in [0.15, 0.2) is 0 Å². The SMILES string of the molecule is Cc1ccc(OCCCOc2cccc(/C=N/NC(=O)c3ccccc3)c2)c(C)c1. The molecule has 0 aromatic heterocycles. The Hall–Kier alpha value is -3.60. The van der Waals surface area contributed by atoms with Crippen LogP contribution in [0.3, 0.4) is 0 Å². The summed E-state index contributed by atoms with van der Waals surface area (Å²) in [6.45, 7) is 5.27. The Kier molecular flexibility index (Phi) is 7.61. The fourth-order valence-corrected chi connectivity index (χ4v) is 2.90. The van der Waals surface area contributed by atoms with Gasteiger partial charge >= 0.3 is 0 Å². The van der Waals surface area contributed by atoms with Gasteiger partial charge in [-0.1, -0.05) is 48.0 Å². The zero-order chi connectivity index (χ0) is 21.2. The van der Waals surface area contributed by atoms with Crippen LogP contribution >= 0.6 is 0 Å². The van der Waals surface area contributed by atoms with Crippen LogP contribution in [-0.4, -0.2) is 25.3 Å². The maximum Gasteiger partial charge on any atom is 0.271 e. The maximum atomic E-state index is 12.0. The van der Waals surface area contributed by atoms with Gasteiger partial charge in [0.1, 0.15) is 11.5 Å². The van der Waals surface area contributed by atoms with Crippen LogP contribution in [0.1, 0.15) is 33.5 Å². The van der Waals surface area contributed by atoms with Gasteiger partial charge in [-0.05, 0) is 55.3 Å². The highest BCUT2D eigenvalue weighted by Gasteiger charge is 2.02. The van der Waals surface area contributed by atoms with Gasteiger partial charge in [-0.2, -0.15) is 5.10 Å². The van der Waals surface area contributed by atoms with Crippen molar-refractivity contribution in [1.29, 1.82) is 0 Å². The van der Waals surface area contributed by atoms with Crippen molar-refractivity contribution in [2.24, 2.45) is 5.10 Å². The number of hydrogen-bond acceptors (Lipinski definition) is 4. The van der Waals surface area contributed by atoms with Crippen LogP contribution in [0, 0.1) is 13.8 Å². The lowest BCUT2D eigenvalue weighted by Gasteiger charge is -2.10. The third-order valence-corrected chi connectivity index (χ3v) is 4.42. The van der Waals surface area contributed by atoms with Gasteiger partial charge in [0.25, 0.3) is 5.91 Å². The summed E-state index contributed by atoms with van der Waals surface area (Å²) in [6.07, 6.45) is 2.37. The number of hydrazone groups is 1. The molecule has 154 valence electrons. The number of ether oxygens (including phenoxy) is 2. The second kappa shape index (κ2) is 10.8. The lowest BCUT2D eigenvalue weighted by molar-refractivity contribution is 0.0955. The number of aryl methyl sites for hydroxylation is 2. The molecule has 0 aliphatic carbocycles. The summed E-state index contributed by atoms with van der Waals surface area (Å²) in [6, 6.07) is 22.7. The van der Waals surface area contributed by atoms with Gasteiger partial charge in [0.05, 0.1) is 19.4 Å². The molecule has 0 unspecified atom stereocenters. The van der Waals surface area contributed by atoms with Gasteiger partial charge in [-0.25, -0.2) is 5.43 Å². The molecule has 1 amide bonds. The first kappa shape index (κ1) is 21.1. The van der Waals surface area contributed by atoms with E-state index in [4.69, 9.17) is 9.47 Å². The average molecular weight is 402 g/mol. The molecule has 0 heterocycles. The van der Waals surface area contributed by atoms with Crippen molar-refractivity contribution in [2.45, 2.75) is 20.3 Å². The van der Waals surface area contributed by atoms with E-state index in [2.05, 4.69) is 23.5 Å². The van der Waals surface area contributed by atoms with Gasteiger partial charge < -0.3 is 9.47 Å². The second-order valence-electron chi connectivity index (χ2n) is 6.96. The van der Waals surface area contributed by atoms with Gasteiger partial charge in [-0.3, -0.25) is 4.79 Å². The number of carbonyl (C=O) groups excluding carboxylic acids is 1. The Morgan fingerprint density at radius 1 is 0.933 bits per heavy atom. The summed E-state index contributed by atoms with van der Waals surface area (Å²) in [5, 5.41) is 4.02. The van der Waals surface area contributed by atoms with Crippen molar-refractivity contribution in [1.82, 2.24) is 5.43 Å². The summed E-state index contributed by atoms with van der Waals surface area (Å²) >= 11 is 0. The predicted molar refractivity (Wildman–Crippen MR) is 119 cm³/mol. The molecule has 5 heteroatoms. The van der Waals surface area contributed by atoms with Crippen molar-refractivity contribution < 1.29 is 14.3 Å². The number of rotatable bonds is 9. The minimum atomic E-state index is -0.247. The Morgan fingerprint density at radius 2 is 1.73 bits per heavy atom. The molecule has 0 atom stereocenters. The van der Waals surface area contributed by atoms with Crippen LogP contribution in [0.15, 0.2) is 77.9 Å². The van der Waals surface area contributed by atoms with E-state index in [9.17, 15) is 4.79 Å². The summed E-state index contributed by atoms with van der Waals surface area (Å²) < 4.78 is 11.6. The van der Waals surface area contributed by atoms with Crippen LogP contribution in [0.25, 0.3) is 0 Å². The molecule has 3 rings (SSSR count). The Balaban J connectivity index is 1.42. The minimum Gasteiger partial charge on any atom is -0.493 e. The van der Waals surface area contributed by atoms with E-state index < -0.39 is 0 Å². The molecule has 0 aliphatic rings. The first-order valence-corrected chi connectivity index (χ1v) is 9.93. The topological polar surface area (TPSA) is 59.9 Å². The van der Waals surface area contributed by atoms with Crippen molar-refractivity contribution >= 4 is 12.1 Å². The van der Waals surface area contributed by atoms with Crippen molar-refractivity contribution in [3.63, 3.8) is 0 Å². The number of nitrogens with one attached hydrogen (secondary N) is 1. The number of nitrogens with zero attached hydrogens (tertiary/aromatic N) is 1. The zero-order valence-electron chi connectivity index (χ0n) is 17.3. The third kappa shape index (κ3) is 6.48. The van der Waals surface area contributed by atoms with E-state index in [0.717, 1.165) is 29.0 Å². The predicted octanol–water partition coefficient (Wildman–Crippen LogP) is 4.92. The molecule has 3 aromatic carbocycles. The summed E-state index contributed by atoms with van der Waals surface area (Å²) in [4.78, 5) is 12.0. The zero-order valence-corrected chi connectivity index (χ0v) is 17.3. The fourth-order valence-electron chi connectivity index (χ4n) is 2.90. The quantitative estimate of drug-likeness (QED) is 0.314. The molecule has 1 N–H and O–H groups in total. The number of hydrogen-bond donors (Lipinski definition) is 1. The highest BCUT2D eigenvalue weighted by Crippen LogP contribution is 2.19. The number of amides is 1. The Morgan fingerprint density at radius 3 is 2.53 bits per heavy atom. The average Bonchev–Trinajstić information content (AvgIpc) is 2.76. The molecular weight excluding hydrogens is 376 g/mol. The summed E-state index contributed by atoms with van der Waals surface area (Å²) in [5.74, 6) is 1.42. The molecule has 0 aliphatic heterocycles. The summed E-state index contributed by atoms with van der Waals surface area (Å²) in [5.41, 5.74) is 6.30. The van der Waals surface area contributed by atoms with Gasteiger partial charge in [-0.15, -0.1) is 0 Å². The van der Waals surface area contributed by atoms with Crippen LogP contribution in [-0.2, 0) is 0 Å². The molecule has 0 spiro atoms. The lowest BCUT2D eigenvalue weighted by atomic mass is 10.1. The van der Waals surface area contributed by atoms with Gasteiger partial charge in [0, 0.05) is 12.0 Å². The maximum absolute atomic E-state index is 12.0. The van der Waals surface area contributed by atoms with Crippen LogP contribution in [0.2, 0.25) is 0 Å². The van der Waals surface area contributed by atoms with E-state index >= 15 is 0 Å². The molecule has 5 nitrogen and oxygen atoms in total. The van der Waals surface area contributed by atoms with E-state index in [1.807, 2.05) is 61.5 Å². The Labute approximate surface area is 177 Å². The summed E-state index contributed by atoms with van der Waals surface area (Å²) in [7, 11) is 0. The normalized spacial score (nSPS) is 10.7. The van der Waals surface area contributed by atoms with Crippen molar-refractivity contribution in [3.8, 4) is 11.5 Å². The molecule has 0 bridgehead atoms. The third-order valence-electron chi connectivity index (χ3n) is 4.42. The molecule has 0 radical (unpaired) electrons. The van der Waals surface area contributed by atoms with E-state index in [1.165, 1.54) is 5.56 Å². The molecule has 3 aromatic rings. The lowest BCUT2D eigenvalue weighted by Crippen LogP contribution is -2.17. The first-order chi connectivity index (χ1) is 14.6. The highest BCUT2D eigenvalue weighted by molar-refractivity contribution is 5.94. The number of carbonyl (C=O) groups is 1. The van der Waals surface area contributed by atoms with Crippen molar-refractivity contribution in [2.75, 3.05) is 13.2 Å². The smallest absolute Gasteiger partial charge is 0.271 e. The van der Waals surface area contributed by atoms with Crippen LogP contribution < -0.4 is 14.9 Å². The van der Waals surface area contributed by atoms with E-state index in [-0.39, 0.29) is 5.91 Å². The first-order valence-electron chi connectivity index (χ1n) is 9.93.